The van der Waals surface area contributed by atoms with E-state index in [2.05, 4.69) is 0 Å². The molecule has 2 aromatic rings. The van der Waals surface area contributed by atoms with E-state index < -0.39 is 44.6 Å². The van der Waals surface area contributed by atoms with Gasteiger partial charge in [-0.3, -0.25) is 0 Å². The fourth-order valence-electron chi connectivity index (χ4n) is 2.12. The Morgan fingerprint density at radius 3 is 1.48 bits per heavy atom. The molecule has 0 radical (unpaired) electrons. The van der Waals surface area contributed by atoms with Crippen molar-refractivity contribution in [1.29, 1.82) is 0 Å². The third kappa shape index (κ3) is 4.54. The van der Waals surface area contributed by atoms with Crippen LogP contribution in [0.1, 0.15) is 11.1 Å². The lowest BCUT2D eigenvalue weighted by Gasteiger charge is -2.07. The van der Waals surface area contributed by atoms with E-state index in [-0.39, 0.29) is 24.0 Å². The predicted octanol–water partition coefficient (Wildman–Crippen LogP) is 3.44. The van der Waals surface area contributed by atoms with E-state index in [1.807, 2.05) is 0 Å². The molecule has 0 saturated carbocycles. The van der Waals surface area contributed by atoms with E-state index in [4.69, 9.17) is 0 Å². The average molecular weight is 346 g/mol. The molecule has 2 rings (SSSR count). The summed E-state index contributed by atoms with van der Waals surface area (Å²) in [6.07, 6.45) is -0.366. The maximum atomic E-state index is 13.5. The molecular formula is C16H14F4O2S. The van der Waals surface area contributed by atoms with E-state index in [9.17, 15) is 26.0 Å². The lowest BCUT2D eigenvalue weighted by atomic mass is 10.1. The molecule has 0 fully saturated rings. The van der Waals surface area contributed by atoms with Crippen LogP contribution >= 0.6 is 0 Å². The Morgan fingerprint density at radius 2 is 1.09 bits per heavy atom. The van der Waals surface area contributed by atoms with Gasteiger partial charge in [-0.25, -0.2) is 26.0 Å². The molecule has 0 unspecified atom stereocenters. The van der Waals surface area contributed by atoms with Gasteiger partial charge < -0.3 is 0 Å². The normalized spacial score (nSPS) is 11.7. The highest BCUT2D eigenvalue weighted by atomic mass is 32.2. The summed E-state index contributed by atoms with van der Waals surface area (Å²) in [5.41, 5.74) is -0.0731. The van der Waals surface area contributed by atoms with Crippen molar-refractivity contribution in [3.8, 4) is 0 Å². The molecule has 124 valence electrons. The second kappa shape index (κ2) is 7.12. The van der Waals surface area contributed by atoms with E-state index in [0.29, 0.717) is 0 Å². The fraction of sp³-hybridized carbons (Fsp3) is 0.250. The Hall–Kier alpha value is -1.89. The van der Waals surface area contributed by atoms with Crippen LogP contribution in [-0.4, -0.2) is 19.9 Å². The Kier molecular flexibility index (Phi) is 5.41. The minimum absolute atomic E-state index is 0.0366. The van der Waals surface area contributed by atoms with Gasteiger partial charge in [0.2, 0.25) is 0 Å². The smallest absolute Gasteiger partial charge is 0.162 e. The molecule has 0 atom stereocenters. The highest BCUT2D eigenvalue weighted by Gasteiger charge is 2.16. The largest absolute Gasteiger partial charge is 0.229 e. The van der Waals surface area contributed by atoms with Gasteiger partial charge in [0, 0.05) is 0 Å². The van der Waals surface area contributed by atoms with Crippen LogP contribution < -0.4 is 0 Å². The zero-order valence-corrected chi connectivity index (χ0v) is 12.8. The molecule has 2 aromatic carbocycles. The van der Waals surface area contributed by atoms with Crippen molar-refractivity contribution >= 4 is 9.84 Å². The standard InChI is InChI=1S/C16H14F4O2S/c17-13-5-1-3-11(15(13)19)7-9-23(21,22)10-8-12-4-2-6-14(18)16(12)20/h1-6H,7-10H2. The number of halogens is 4. The van der Waals surface area contributed by atoms with Crippen LogP contribution in [-0.2, 0) is 22.7 Å². The zero-order chi connectivity index (χ0) is 17.0. The summed E-state index contributed by atoms with van der Waals surface area (Å²) in [7, 11) is -3.62. The molecular weight excluding hydrogens is 332 g/mol. The van der Waals surface area contributed by atoms with E-state index in [1.165, 1.54) is 24.3 Å². The molecule has 23 heavy (non-hydrogen) atoms. The molecule has 0 aliphatic carbocycles. The van der Waals surface area contributed by atoms with Crippen LogP contribution in [0.25, 0.3) is 0 Å². The number of rotatable bonds is 6. The van der Waals surface area contributed by atoms with Crippen molar-refractivity contribution in [3.63, 3.8) is 0 Å². The number of hydrogen-bond donors (Lipinski definition) is 0. The van der Waals surface area contributed by atoms with E-state index >= 15 is 0 Å². The average Bonchev–Trinajstić information content (AvgIpc) is 2.50. The summed E-state index contributed by atoms with van der Waals surface area (Å²) < 4.78 is 76.9. The predicted molar refractivity (Wildman–Crippen MR) is 78.8 cm³/mol. The van der Waals surface area contributed by atoms with Crippen molar-refractivity contribution in [2.75, 3.05) is 11.5 Å². The quantitative estimate of drug-likeness (QED) is 0.751. The molecule has 2 nitrogen and oxygen atoms in total. The third-order valence-corrected chi connectivity index (χ3v) is 5.08. The molecule has 0 spiro atoms. The van der Waals surface area contributed by atoms with Crippen molar-refractivity contribution in [2.24, 2.45) is 0 Å². The molecule has 0 N–H and O–H groups in total. The minimum Gasteiger partial charge on any atom is -0.229 e. The maximum absolute atomic E-state index is 13.5. The van der Waals surface area contributed by atoms with Gasteiger partial charge in [-0.2, -0.15) is 0 Å². The molecule has 0 aliphatic heterocycles. The maximum Gasteiger partial charge on any atom is 0.162 e. The SMILES string of the molecule is O=S(=O)(CCc1cccc(F)c1F)CCc1cccc(F)c1F. The first-order valence-corrected chi connectivity index (χ1v) is 8.68. The van der Waals surface area contributed by atoms with Crippen LogP contribution in [0, 0.1) is 23.3 Å². The second-order valence-corrected chi connectivity index (χ2v) is 7.38. The minimum atomic E-state index is -3.62. The van der Waals surface area contributed by atoms with Crippen molar-refractivity contribution in [1.82, 2.24) is 0 Å². The number of sulfone groups is 1. The Morgan fingerprint density at radius 1 is 0.696 bits per heavy atom. The Labute approximate surface area is 131 Å². The van der Waals surface area contributed by atoms with Crippen molar-refractivity contribution in [2.45, 2.75) is 12.8 Å². The third-order valence-electron chi connectivity index (χ3n) is 3.43. The van der Waals surface area contributed by atoms with Gasteiger partial charge in [0.1, 0.15) is 0 Å². The highest BCUT2D eigenvalue weighted by Crippen LogP contribution is 2.15. The fourth-order valence-corrected chi connectivity index (χ4v) is 3.38. The molecule has 0 heterocycles. The van der Waals surface area contributed by atoms with Crippen molar-refractivity contribution in [3.05, 3.63) is 70.8 Å². The highest BCUT2D eigenvalue weighted by molar-refractivity contribution is 7.91. The Balaban J connectivity index is 2.00. The summed E-state index contributed by atoms with van der Waals surface area (Å²) >= 11 is 0. The molecule has 0 saturated heterocycles. The topological polar surface area (TPSA) is 34.1 Å². The van der Waals surface area contributed by atoms with Gasteiger partial charge in [0.15, 0.2) is 33.1 Å². The first-order chi connectivity index (χ1) is 10.8. The number of hydrogen-bond acceptors (Lipinski definition) is 2. The summed E-state index contributed by atoms with van der Waals surface area (Å²) in [5.74, 6) is -5.02. The summed E-state index contributed by atoms with van der Waals surface area (Å²) in [6, 6.07) is 7.09. The first-order valence-electron chi connectivity index (χ1n) is 6.86. The molecule has 0 amide bonds. The number of aryl methyl sites for hydroxylation is 2. The molecule has 7 heteroatoms. The van der Waals surface area contributed by atoms with Gasteiger partial charge >= 0.3 is 0 Å². The van der Waals surface area contributed by atoms with Gasteiger partial charge in [-0.1, -0.05) is 24.3 Å². The summed E-state index contributed by atoms with van der Waals surface area (Å²) in [5, 5.41) is 0. The monoisotopic (exact) mass is 346 g/mol. The molecule has 0 aromatic heterocycles. The van der Waals surface area contributed by atoms with Gasteiger partial charge in [0.25, 0.3) is 0 Å². The van der Waals surface area contributed by atoms with Crippen LogP contribution in [0.2, 0.25) is 0 Å². The van der Waals surface area contributed by atoms with Crippen LogP contribution in [0.15, 0.2) is 36.4 Å². The summed E-state index contributed by atoms with van der Waals surface area (Å²) in [6.45, 7) is 0. The van der Waals surface area contributed by atoms with Crippen molar-refractivity contribution < 1.29 is 26.0 Å². The first kappa shape index (κ1) is 17.5. The Bertz CT molecular complexity index is 742. The van der Waals surface area contributed by atoms with E-state index in [1.54, 1.807) is 0 Å². The second-order valence-electron chi connectivity index (χ2n) is 5.08. The molecule has 0 aliphatic rings. The van der Waals surface area contributed by atoms with E-state index in [0.717, 1.165) is 12.1 Å². The summed E-state index contributed by atoms with van der Waals surface area (Å²) in [4.78, 5) is 0. The van der Waals surface area contributed by atoms with Crippen LogP contribution in [0.5, 0.6) is 0 Å². The van der Waals surface area contributed by atoms with Gasteiger partial charge in [-0.15, -0.1) is 0 Å². The lowest BCUT2D eigenvalue weighted by molar-refractivity contribution is 0.499. The van der Waals surface area contributed by atoms with Gasteiger partial charge in [-0.05, 0) is 36.1 Å². The van der Waals surface area contributed by atoms with Crippen LogP contribution in [0.3, 0.4) is 0 Å². The lowest BCUT2D eigenvalue weighted by Crippen LogP contribution is -2.16. The van der Waals surface area contributed by atoms with Gasteiger partial charge in [0.05, 0.1) is 11.5 Å². The number of benzene rings is 2. The molecule has 0 bridgehead atoms. The zero-order valence-electron chi connectivity index (χ0n) is 12.0. The van der Waals surface area contributed by atoms with Crippen LogP contribution in [0.4, 0.5) is 17.6 Å².